The van der Waals surface area contributed by atoms with Gasteiger partial charge in [-0.25, -0.2) is 18.4 Å². The topological polar surface area (TPSA) is 132 Å². The Morgan fingerprint density at radius 1 is 0.943 bits per heavy atom. The van der Waals surface area contributed by atoms with Crippen LogP contribution in [0.15, 0.2) is 76.6 Å². The zero-order chi connectivity index (χ0) is 25.0. The number of hydrogen-bond donors (Lipinski definition) is 2. The van der Waals surface area contributed by atoms with Gasteiger partial charge in [0.2, 0.25) is 11.3 Å². The molecule has 4 aromatic rings. The highest BCUT2D eigenvalue weighted by atomic mass is 35.5. The summed E-state index contributed by atoms with van der Waals surface area (Å²) in [5, 5.41) is -0.186. The van der Waals surface area contributed by atoms with Gasteiger partial charge in [-0.1, -0.05) is 23.7 Å². The largest absolute Gasteiger partial charge is 0.497 e. The summed E-state index contributed by atoms with van der Waals surface area (Å²) in [6.45, 7) is 0. The number of benzene rings is 2. The van der Waals surface area contributed by atoms with Crippen LogP contribution in [0.5, 0.6) is 23.0 Å². The molecule has 0 fully saturated rings. The number of rotatable bonds is 8. The lowest BCUT2D eigenvalue weighted by Crippen LogP contribution is -2.15. The van der Waals surface area contributed by atoms with E-state index in [1.54, 1.807) is 30.3 Å². The number of nitrogens with zero attached hydrogens (tertiary/aromatic N) is 2. The van der Waals surface area contributed by atoms with Crippen LogP contribution in [0.1, 0.15) is 0 Å². The third-order valence-electron chi connectivity index (χ3n) is 4.74. The SMILES string of the molecule is COc1ccc(S(=O)(=O)Nc2nc(-c3cc[nH]c(=O)c3)nc(Cl)c2Oc2ccccc2OC)cc1. The van der Waals surface area contributed by atoms with Crippen molar-refractivity contribution in [3.63, 3.8) is 0 Å². The molecule has 12 heteroatoms. The molecule has 0 aliphatic rings. The third kappa shape index (κ3) is 5.36. The monoisotopic (exact) mass is 514 g/mol. The van der Waals surface area contributed by atoms with Crippen LogP contribution < -0.4 is 24.5 Å². The predicted octanol–water partition coefficient (Wildman–Crippen LogP) is 4.10. The second kappa shape index (κ2) is 10.0. The molecule has 2 heterocycles. The highest BCUT2D eigenvalue weighted by molar-refractivity contribution is 7.92. The Kier molecular flexibility index (Phi) is 6.90. The van der Waals surface area contributed by atoms with Gasteiger partial charge < -0.3 is 19.2 Å². The van der Waals surface area contributed by atoms with Crippen LogP contribution in [0.3, 0.4) is 0 Å². The molecule has 0 saturated carbocycles. The maximum absolute atomic E-state index is 13.2. The average molecular weight is 515 g/mol. The van der Waals surface area contributed by atoms with Crippen molar-refractivity contribution in [1.82, 2.24) is 15.0 Å². The minimum atomic E-state index is -4.13. The maximum Gasteiger partial charge on any atom is 0.263 e. The number of hydrogen-bond acceptors (Lipinski definition) is 8. The van der Waals surface area contributed by atoms with Gasteiger partial charge in [-0.05, 0) is 42.5 Å². The van der Waals surface area contributed by atoms with E-state index in [1.807, 2.05) is 0 Å². The van der Waals surface area contributed by atoms with Crippen LogP contribution in [0.25, 0.3) is 11.4 Å². The van der Waals surface area contributed by atoms with E-state index in [4.69, 9.17) is 25.8 Å². The molecule has 0 atom stereocenters. The first-order valence-electron chi connectivity index (χ1n) is 10.0. The number of anilines is 1. The molecule has 2 aromatic heterocycles. The molecule has 0 radical (unpaired) electrons. The Labute approximate surface area is 205 Å². The Morgan fingerprint density at radius 3 is 2.31 bits per heavy atom. The first-order valence-corrected chi connectivity index (χ1v) is 11.9. The van der Waals surface area contributed by atoms with Gasteiger partial charge in [0.1, 0.15) is 5.75 Å². The Bertz CT molecular complexity index is 1520. The van der Waals surface area contributed by atoms with E-state index in [0.717, 1.165) is 0 Å². The second-order valence-electron chi connectivity index (χ2n) is 6.99. The van der Waals surface area contributed by atoms with Crippen LogP contribution in [0.2, 0.25) is 5.15 Å². The van der Waals surface area contributed by atoms with Crippen LogP contribution >= 0.6 is 11.6 Å². The summed E-state index contributed by atoms with van der Waals surface area (Å²) in [6.07, 6.45) is 1.41. The molecule has 0 aliphatic carbocycles. The Balaban J connectivity index is 1.83. The molecule has 2 aromatic carbocycles. The number of ether oxygens (including phenoxy) is 3. The molecule has 4 rings (SSSR count). The van der Waals surface area contributed by atoms with Crippen molar-refractivity contribution >= 4 is 27.4 Å². The molecule has 0 spiro atoms. The van der Waals surface area contributed by atoms with E-state index in [9.17, 15) is 13.2 Å². The number of aromatic nitrogens is 3. The van der Waals surface area contributed by atoms with Gasteiger partial charge in [-0.2, -0.15) is 0 Å². The van der Waals surface area contributed by atoms with Crippen LogP contribution in [-0.4, -0.2) is 37.6 Å². The van der Waals surface area contributed by atoms with Gasteiger partial charge in [0.05, 0.1) is 19.1 Å². The first-order chi connectivity index (χ1) is 16.8. The summed E-state index contributed by atoms with van der Waals surface area (Å²) < 4.78 is 45.0. The van der Waals surface area contributed by atoms with E-state index in [0.29, 0.717) is 17.1 Å². The number of aromatic amines is 1. The molecule has 2 N–H and O–H groups in total. The normalized spacial score (nSPS) is 11.1. The van der Waals surface area contributed by atoms with Crippen molar-refractivity contribution in [3.8, 4) is 34.4 Å². The molecular formula is C23H19ClN4O6S. The highest BCUT2D eigenvalue weighted by Crippen LogP contribution is 2.40. The quantitative estimate of drug-likeness (QED) is 0.336. The second-order valence-corrected chi connectivity index (χ2v) is 9.03. The predicted molar refractivity (Wildman–Crippen MR) is 130 cm³/mol. The van der Waals surface area contributed by atoms with Gasteiger partial charge in [-0.15, -0.1) is 0 Å². The van der Waals surface area contributed by atoms with Crippen LogP contribution in [0, 0.1) is 0 Å². The molecule has 180 valence electrons. The Morgan fingerprint density at radius 2 is 1.66 bits per heavy atom. The number of nitrogens with one attached hydrogen (secondary N) is 2. The van der Waals surface area contributed by atoms with E-state index in [2.05, 4.69) is 19.7 Å². The first kappa shape index (κ1) is 24.0. The lowest BCUT2D eigenvalue weighted by Gasteiger charge is -2.16. The summed E-state index contributed by atoms with van der Waals surface area (Å²) in [4.78, 5) is 22.7. The van der Waals surface area contributed by atoms with Gasteiger partial charge in [0.15, 0.2) is 28.3 Å². The molecule has 0 aliphatic heterocycles. The standard InChI is InChI=1S/C23H19ClN4O6S/c1-32-15-7-9-16(10-8-15)35(30,31)28-23-20(34-18-6-4-3-5-17(18)33-2)21(24)26-22(27-23)14-11-12-25-19(29)13-14/h3-13H,1-2H3,(H,25,29)(H,26,27,28). The molecule has 0 bridgehead atoms. The van der Waals surface area contributed by atoms with Gasteiger partial charge in [-0.3, -0.25) is 9.52 Å². The number of sulfonamides is 1. The van der Waals surface area contributed by atoms with Crippen molar-refractivity contribution < 1.29 is 22.6 Å². The minimum Gasteiger partial charge on any atom is -0.497 e. The van der Waals surface area contributed by atoms with Gasteiger partial charge >= 0.3 is 0 Å². The van der Waals surface area contributed by atoms with Crippen LogP contribution in [-0.2, 0) is 10.0 Å². The number of para-hydroxylation sites is 2. The molecule has 10 nitrogen and oxygen atoms in total. The number of pyridine rings is 1. The summed E-state index contributed by atoms with van der Waals surface area (Å²) >= 11 is 6.43. The third-order valence-corrected chi connectivity index (χ3v) is 6.35. The van der Waals surface area contributed by atoms with Crippen molar-refractivity contribution in [2.75, 3.05) is 18.9 Å². The lowest BCUT2D eigenvalue weighted by molar-refractivity contribution is 0.378. The lowest BCUT2D eigenvalue weighted by atomic mass is 10.2. The zero-order valence-electron chi connectivity index (χ0n) is 18.5. The summed E-state index contributed by atoms with van der Waals surface area (Å²) in [7, 11) is -1.19. The molecule has 35 heavy (non-hydrogen) atoms. The van der Waals surface area contributed by atoms with Gasteiger partial charge in [0, 0.05) is 17.8 Å². The molecule has 0 amide bonds. The number of methoxy groups -OCH3 is 2. The minimum absolute atomic E-state index is 0.0147. The van der Waals surface area contributed by atoms with E-state index < -0.39 is 15.6 Å². The number of H-pyrrole nitrogens is 1. The van der Waals surface area contributed by atoms with Crippen LogP contribution in [0.4, 0.5) is 5.82 Å². The van der Waals surface area contributed by atoms with Crippen molar-refractivity contribution in [2.24, 2.45) is 0 Å². The average Bonchev–Trinajstić information content (AvgIpc) is 2.86. The van der Waals surface area contributed by atoms with Crippen molar-refractivity contribution in [3.05, 3.63) is 82.4 Å². The van der Waals surface area contributed by atoms with Crippen molar-refractivity contribution in [2.45, 2.75) is 4.90 Å². The molecular weight excluding hydrogens is 496 g/mol. The Hall–Kier alpha value is -4.09. The maximum atomic E-state index is 13.2. The highest BCUT2D eigenvalue weighted by Gasteiger charge is 2.23. The van der Waals surface area contributed by atoms with E-state index >= 15 is 0 Å². The zero-order valence-corrected chi connectivity index (χ0v) is 20.1. The van der Waals surface area contributed by atoms with E-state index in [-0.39, 0.29) is 33.2 Å². The summed E-state index contributed by atoms with van der Waals surface area (Å²) in [5.74, 6) is 0.760. The van der Waals surface area contributed by atoms with Gasteiger partial charge in [0.25, 0.3) is 10.0 Å². The van der Waals surface area contributed by atoms with Crippen molar-refractivity contribution in [1.29, 1.82) is 0 Å². The summed E-state index contributed by atoms with van der Waals surface area (Å²) in [6, 6.07) is 15.3. The fraction of sp³-hybridized carbons (Fsp3) is 0.0870. The number of halogens is 1. The fourth-order valence-electron chi connectivity index (χ4n) is 3.05. The fourth-order valence-corrected chi connectivity index (χ4v) is 4.26. The molecule has 0 saturated heterocycles. The molecule has 0 unspecified atom stereocenters. The van der Waals surface area contributed by atoms with E-state index in [1.165, 1.54) is 50.7 Å². The smallest absolute Gasteiger partial charge is 0.263 e. The summed E-state index contributed by atoms with van der Waals surface area (Å²) in [5.41, 5.74) is -0.0682.